The second-order valence-corrected chi connectivity index (χ2v) is 12.0. The first kappa shape index (κ1) is 33.8. The normalized spacial score (nSPS) is 11.4. The van der Waals surface area contributed by atoms with Gasteiger partial charge in [0.15, 0.2) is 0 Å². The van der Waals surface area contributed by atoms with Crippen molar-refractivity contribution in [2.45, 2.75) is 142 Å². The Hall–Kier alpha value is -2.69. The Balaban J connectivity index is 1.24. The summed E-state index contributed by atoms with van der Waals surface area (Å²) in [5.74, 6) is 0.718. The lowest BCUT2D eigenvalue weighted by Crippen LogP contribution is -2.24. The molecule has 0 aliphatic carbocycles. The minimum atomic E-state index is -0.326. The highest BCUT2D eigenvalue weighted by Gasteiger charge is 2.10. The number of nitrogens with one attached hydrogen (secondary N) is 1. The largest absolute Gasteiger partial charge is 0.352 e. The first-order valence-corrected chi connectivity index (χ1v) is 17.2. The second kappa shape index (κ2) is 21.1. The molecule has 1 amide bonds. The molecular weight excluding hydrogens is 521 g/mol. The monoisotopic (exact) mass is 577 g/mol. The van der Waals surface area contributed by atoms with E-state index in [0.29, 0.717) is 12.1 Å². The van der Waals surface area contributed by atoms with Crippen molar-refractivity contribution in [2.24, 2.45) is 0 Å². The molecule has 2 aromatic carbocycles. The molecule has 0 saturated heterocycles. The van der Waals surface area contributed by atoms with Gasteiger partial charge in [-0.15, -0.1) is 0 Å². The number of aromatic nitrogens is 2. The molecule has 4 nitrogen and oxygen atoms in total. The van der Waals surface area contributed by atoms with Gasteiger partial charge in [-0.25, -0.2) is 9.37 Å². The molecule has 0 aliphatic heterocycles. The summed E-state index contributed by atoms with van der Waals surface area (Å²) in [6.07, 6.45) is 26.2. The zero-order chi connectivity index (χ0) is 29.7. The maximum absolute atomic E-state index is 13.1. The van der Waals surface area contributed by atoms with Crippen molar-refractivity contribution in [1.82, 2.24) is 14.9 Å². The van der Waals surface area contributed by atoms with Crippen LogP contribution < -0.4 is 5.32 Å². The summed E-state index contributed by atoms with van der Waals surface area (Å²) in [5, 5.41) is 2.94. The van der Waals surface area contributed by atoms with Gasteiger partial charge in [0.05, 0.1) is 11.0 Å². The number of para-hydroxylation sites is 2. The number of imidazole rings is 1. The molecule has 1 N–H and O–H groups in total. The minimum absolute atomic E-state index is 0.143. The van der Waals surface area contributed by atoms with Crippen molar-refractivity contribution in [3.05, 3.63) is 65.7 Å². The molecule has 3 aromatic rings. The van der Waals surface area contributed by atoms with Crippen molar-refractivity contribution in [2.75, 3.05) is 6.54 Å². The molecule has 0 aliphatic rings. The van der Waals surface area contributed by atoms with E-state index in [1.807, 2.05) is 0 Å². The first-order valence-electron chi connectivity index (χ1n) is 17.2. The van der Waals surface area contributed by atoms with Crippen LogP contribution in [0.2, 0.25) is 0 Å². The number of hydrogen-bond acceptors (Lipinski definition) is 2. The highest BCUT2D eigenvalue weighted by molar-refractivity contribution is 5.94. The molecule has 0 bridgehead atoms. The van der Waals surface area contributed by atoms with Gasteiger partial charge < -0.3 is 9.88 Å². The van der Waals surface area contributed by atoms with Gasteiger partial charge in [-0.3, -0.25) is 4.79 Å². The van der Waals surface area contributed by atoms with Crippen LogP contribution in [0.1, 0.15) is 145 Å². The molecule has 0 fully saturated rings. The molecule has 0 unspecified atom stereocenters. The average Bonchev–Trinajstić information content (AvgIpc) is 3.36. The summed E-state index contributed by atoms with van der Waals surface area (Å²) >= 11 is 0. The predicted molar refractivity (Wildman–Crippen MR) is 176 cm³/mol. The number of benzene rings is 2. The lowest BCUT2D eigenvalue weighted by atomic mass is 10.0. The van der Waals surface area contributed by atoms with E-state index < -0.39 is 0 Å². The summed E-state index contributed by atoms with van der Waals surface area (Å²) in [6.45, 7) is 3.96. The van der Waals surface area contributed by atoms with Crippen LogP contribution in [0.4, 0.5) is 4.39 Å². The van der Waals surface area contributed by atoms with Crippen molar-refractivity contribution in [3.8, 4) is 0 Å². The van der Waals surface area contributed by atoms with Crippen molar-refractivity contribution >= 4 is 16.9 Å². The molecule has 0 atom stereocenters. The van der Waals surface area contributed by atoms with Gasteiger partial charge in [0, 0.05) is 25.1 Å². The predicted octanol–water partition coefficient (Wildman–Crippen LogP) is 10.6. The van der Waals surface area contributed by atoms with Gasteiger partial charge in [-0.2, -0.15) is 0 Å². The van der Waals surface area contributed by atoms with E-state index in [2.05, 4.69) is 41.1 Å². The fraction of sp³-hybridized carbons (Fsp3) is 0.622. The Labute approximate surface area is 254 Å². The number of hydrogen-bond donors (Lipinski definition) is 1. The molecule has 1 aromatic heterocycles. The number of halogens is 1. The maximum atomic E-state index is 13.1. The van der Waals surface area contributed by atoms with Crippen LogP contribution in [0.15, 0.2) is 48.5 Å². The highest BCUT2D eigenvalue weighted by Crippen LogP contribution is 2.20. The third-order valence-corrected chi connectivity index (χ3v) is 8.44. The Morgan fingerprint density at radius 1 is 0.690 bits per heavy atom. The number of rotatable bonds is 24. The van der Waals surface area contributed by atoms with Gasteiger partial charge in [0.2, 0.25) is 0 Å². The number of carbonyl (C=O) groups excluding carboxylic acids is 1. The summed E-state index contributed by atoms with van der Waals surface area (Å²) < 4.78 is 15.5. The van der Waals surface area contributed by atoms with E-state index in [1.54, 1.807) is 0 Å². The van der Waals surface area contributed by atoms with E-state index in [4.69, 9.17) is 4.98 Å². The molecule has 0 spiro atoms. The lowest BCUT2D eigenvalue weighted by Gasteiger charge is -2.10. The molecule has 1 heterocycles. The zero-order valence-corrected chi connectivity index (χ0v) is 26.4. The number of amides is 1. The number of carbonyl (C=O) groups is 1. The standard InChI is InChI=1S/C37H56FN3O/c1-2-3-4-5-6-7-8-9-10-11-12-13-14-15-16-22-31-41-35-24-20-19-23-34(35)40-36(41)25-18-17-21-30-39-37(42)32-26-28-33(38)29-27-32/h19-20,23-24,26-29H,2-18,21-22,25,30-31H2,1H3,(H,39,42). The van der Waals surface area contributed by atoms with Crippen LogP contribution in [0, 0.1) is 5.82 Å². The summed E-state index contributed by atoms with van der Waals surface area (Å²) in [7, 11) is 0. The average molecular weight is 578 g/mol. The van der Waals surface area contributed by atoms with E-state index in [-0.39, 0.29) is 11.7 Å². The van der Waals surface area contributed by atoms with Crippen LogP contribution >= 0.6 is 0 Å². The van der Waals surface area contributed by atoms with Crippen LogP contribution in [0.3, 0.4) is 0 Å². The smallest absolute Gasteiger partial charge is 0.251 e. The summed E-state index contributed by atoms with van der Waals surface area (Å²) in [5.41, 5.74) is 2.84. The molecule has 3 rings (SSSR count). The van der Waals surface area contributed by atoms with Crippen LogP contribution in [0.25, 0.3) is 11.0 Å². The van der Waals surface area contributed by atoms with Crippen molar-refractivity contribution < 1.29 is 9.18 Å². The second-order valence-electron chi connectivity index (χ2n) is 12.0. The summed E-state index contributed by atoms with van der Waals surface area (Å²) in [4.78, 5) is 17.2. The third-order valence-electron chi connectivity index (χ3n) is 8.44. The van der Waals surface area contributed by atoms with E-state index in [0.717, 1.165) is 37.7 Å². The third kappa shape index (κ3) is 13.1. The van der Waals surface area contributed by atoms with Crippen LogP contribution in [-0.4, -0.2) is 22.0 Å². The van der Waals surface area contributed by atoms with E-state index >= 15 is 0 Å². The molecule has 0 radical (unpaired) electrons. The molecule has 5 heteroatoms. The topological polar surface area (TPSA) is 46.9 Å². The van der Waals surface area contributed by atoms with Crippen LogP contribution in [0.5, 0.6) is 0 Å². The minimum Gasteiger partial charge on any atom is -0.352 e. The number of fused-ring (bicyclic) bond motifs is 1. The molecular formula is C37H56FN3O. The van der Waals surface area contributed by atoms with Crippen molar-refractivity contribution in [1.29, 1.82) is 0 Å². The highest BCUT2D eigenvalue weighted by atomic mass is 19.1. The van der Waals surface area contributed by atoms with E-state index in [9.17, 15) is 9.18 Å². The fourth-order valence-electron chi connectivity index (χ4n) is 5.87. The Kier molecular flexibility index (Phi) is 17.0. The quantitative estimate of drug-likeness (QED) is 0.108. The molecule has 232 valence electrons. The van der Waals surface area contributed by atoms with Gasteiger partial charge in [-0.1, -0.05) is 122 Å². The number of unbranched alkanes of at least 4 members (excludes halogenated alkanes) is 17. The fourth-order valence-corrected chi connectivity index (χ4v) is 5.87. The number of nitrogens with zero attached hydrogens (tertiary/aromatic N) is 2. The van der Waals surface area contributed by atoms with Crippen molar-refractivity contribution in [3.63, 3.8) is 0 Å². The van der Waals surface area contributed by atoms with Gasteiger partial charge in [-0.05, 0) is 55.7 Å². The van der Waals surface area contributed by atoms with Crippen LogP contribution in [-0.2, 0) is 13.0 Å². The lowest BCUT2D eigenvalue weighted by molar-refractivity contribution is 0.0953. The summed E-state index contributed by atoms with van der Waals surface area (Å²) in [6, 6.07) is 14.2. The first-order chi connectivity index (χ1) is 20.7. The maximum Gasteiger partial charge on any atom is 0.251 e. The van der Waals surface area contributed by atoms with Gasteiger partial charge in [0.1, 0.15) is 11.6 Å². The van der Waals surface area contributed by atoms with Gasteiger partial charge >= 0.3 is 0 Å². The Morgan fingerprint density at radius 2 is 1.24 bits per heavy atom. The molecule has 42 heavy (non-hydrogen) atoms. The number of aryl methyl sites for hydroxylation is 2. The Bertz CT molecular complexity index is 1120. The zero-order valence-electron chi connectivity index (χ0n) is 26.4. The SMILES string of the molecule is CCCCCCCCCCCCCCCCCCn1c(CCCCCNC(=O)c2ccc(F)cc2)nc2ccccc21. The van der Waals surface area contributed by atoms with Gasteiger partial charge in [0.25, 0.3) is 5.91 Å². The van der Waals surface area contributed by atoms with E-state index in [1.165, 1.54) is 138 Å². The Morgan fingerprint density at radius 3 is 1.86 bits per heavy atom. The molecule has 0 saturated carbocycles.